The lowest BCUT2D eigenvalue weighted by molar-refractivity contribution is -0.139. The molecule has 6 nitrogen and oxygen atoms in total. The van der Waals surface area contributed by atoms with E-state index in [2.05, 4.69) is 22.0 Å². The number of nitrogens with zero attached hydrogens (tertiary/aromatic N) is 2. The topological polar surface area (TPSA) is 82.4 Å². The van der Waals surface area contributed by atoms with E-state index < -0.39 is 0 Å². The lowest BCUT2D eigenvalue weighted by atomic mass is 9.66. The van der Waals surface area contributed by atoms with Crippen LogP contribution in [0.25, 0.3) is 10.9 Å². The molecule has 2 fully saturated rings. The van der Waals surface area contributed by atoms with E-state index in [0.717, 1.165) is 57.3 Å². The number of carbonyl (C=O) groups excluding carboxylic acids is 2. The summed E-state index contributed by atoms with van der Waals surface area (Å²) in [7, 11) is 2.00. The number of hydrogen-bond donors (Lipinski definition) is 2. The zero-order valence-electron chi connectivity index (χ0n) is 16.6. The summed E-state index contributed by atoms with van der Waals surface area (Å²) in [6.07, 6.45) is 7.13. The van der Waals surface area contributed by atoms with E-state index in [9.17, 15) is 9.59 Å². The van der Waals surface area contributed by atoms with Gasteiger partial charge in [-0.15, -0.1) is 0 Å². The Hall–Kier alpha value is -2.34. The first-order valence-electron chi connectivity index (χ1n) is 10.3. The van der Waals surface area contributed by atoms with Crippen molar-refractivity contribution in [2.75, 3.05) is 26.7 Å². The van der Waals surface area contributed by atoms with Crippen LogP contribution in [0, 0.1) is 5.41 Å². The van der Waals surface area contributed by atoms with Crippen molar-refractivity contribution in [1.82, 2.24) is 14.8 Å². The van der Waals surface area contributed by atoms with Gasteiger partial charge in [0.05, 0.1) is 6.04 Å². The predicted molar refractivity (Wildman–Crippen MR) is 110 cm³/mol. The van der Waals surface area contributed by atoms with Crippen molar-refractivity contribution < 1.29 is 9.59 Å². The number of aromatic amines is 1. The number of piperidine rings is 2. The summed E-state index contributed by atoms with van der Waals surface area (Å²) in [5.74, 6) is -0.0127. The molecule has 4 rings (SSSR count). The highest BCUT2D eigenvalue weighted by Crippen LogP contribution is 2.44. The quantitative estimate of drug-likeness (QED) is 0.851. The van der Waals surface area contributed by atoms with Gasteiger partial charge in [0.15, 0.2) is 0 Å². The van der Waals surface area contributed by atoms with Gasteiger partial charge in [0.25, 0.3) is 0 Å². The third-order valence-electron chi connectivity index (χ3n) is 6.87. The van der Waals surface area contributed by atoms with Gasteiger partial charge in [-0.2, -0.15) is 0 Å². The Morgan fingerprint density at radius 2 is 1.93 bits per heavy atom. The highest BCUT2D eigenvalue weighted by Gasteiger charge is 2.48. The number of likely N-dealkylation sites (N-methyl/N-ethyl adjacent to an activating group) is 1. The molecule has 3 N–H and O–H groups in total. The van der Waals surface area contributed by atoms with E-state index in [-0.39, 0.29) is 23.3 Å². The van der Waals surface area contributed by atoms with Crippen LogP contribution in [0.3, 0.4) is 0 Å². The SMILES string of the molecule is CN1CCCC2(CCN(C(=O)CCc3c[nH]c4ccccc34)CC2)C1C(N)=O. The molecule has 2 aliphatic rings. The highest BCUT2D eigenvalue weighted by molar-refractivity contribution is 5.84. The van der Waals surface area contributed by atoms with Crippen LogP contribution in [0.15, 0.2) is 30.5 Å². The number of rotatable bonds is 4. The molecule has 1 spiro atoms. The van der Waals surface area contributed by atoms with Crippen molar-refractivity contribution in [3.05, 3.63) is 36.0 Å². The minimum Gasteiger partial charge on any atom is -0.368 e. The number of benzene rings is 1. The normalized spacial score (nSPS) is 22.6. The fraction of sp³-hybridized carbons (Fsp3) is 0.545. The number of H-pyrrole nitrogens is 1. The number of para-hydroxylation sites is 1. The van der Waals surface area contributed by atoms with Crippen molar-refractivity contribution in [1.29, 1.82) is 0 Å². The van der Waals surface area contributed by atoms with Crippen LogP contribution in [0.5, 0.6) is 0 Å². The maximum absolute atomic E-state index is 12.8. The van der Waals surface area contributed by atoms with Crippen LogP contribution in [-0.2, 0) is 16.0 Å². The Bertz CT molecular complexity index is 866. The van der Waals surface area contributed by atoms with Gasteiger partial charge in [-0.05, 0) is 62.7 Å². The number of primary amides is 1. The van der Waals surface area contributed by atoms with Gasteiger partial charge < -0.3 is 15.6 Å². The maximum atomic E-state index is 12.8. The van der Waals surface area contributed by atoms with Crippen molar-refractivity contribution >= 4 is 22.7 Å². The molecule has 150 valence electrons. The van der Waals surface area contributed by atoms with Crippen molar-refractivity contribution in [3.63, 3.8) is 0 Å². The number of aromatic nitrogens is 1. The maximum Gasteiger partial charge on any atom is 0.235 e. The van der Waals surface area contributed by atoms with Crippen molar-refractivity contribution in [2.24, 2.45) is 11.1 Å². The summed E-state index contributed by atoms with van der Waals surface area (Å²) >= 11 is 0. The minimum absolute atomic E-state index is 0.0630. The molecular formula is C22H30N4O2. The lowest BCUT2D eigenvalue weighted by Crippen LogP contribution is -2.60. The summed E-state index contributed by atoms with van der Waals surface area (Å²) in [6.45, 7) is 2.37. The second-order valence-electron chi connectivity index (χ2n) is 8.49. The highest BCUT2D eigenvalue weighted by atomic mass is 16.2. The molecule has 0 bridgehead atoms. The molecule has 28 heavy (non-hydrogen) atoms. The Morgan fingerprint density at radius 3 is 2.68 bits per heavy atom. The summed E-state index contributed by atoms with van der Waals surface area (Å²) in [5.41, 5.74) is 7.99. The monoisotopic (exact) mass is 382 g/mol. The summed E-state index contributed by atoms with van der Waals surface area (Å²) in [4.78, 5) is 32.3. The molecule has 1 aromatic carbocycles. The van der Waals surface area contributed by atoms with Crippen LogP contribution < -0.4 is 5.73 Å². The predicted octanol–water partition coefficient (Wildman–Crippen LogP) is 2.29. The van der Waals surface area contributed by atoms with E-state index in [1.807, 2.05) is 30.3 Å². The second-order valence-corrected chi connectivity index (χ2v) is 8.49. The van der Waals surface area contributed by atoms with Crippen LogP contribution in [0.2, 0.25) is 0 Å². The zero-order valence-corrected chi connectivity index (χ0v) is 16.6. The van der Waals surface area contributed by atoms with Crippen molar-refractivity contribution in [3.8, 4) is 0 Å². The van der Waals surface area contributed by atoms with E-state index in [4.69, 9.17) is 5.73 Å². The first-order chi connectivity index (χ1) is 13.5. The van der Waals surface area contributed by atoms with Crippen molar-refractivity contribution in [2.45, 2.75) is 44.6 Å². The first kappa shape index (κ1) is 19.0. The van der Waals surface area contributed by atoms with E-state index in [1.165, 1.54) is 10.9 Å². The van der Waals surface area contributed by atoms with E-state index in [1.54, 1.807) is 0 Å². The van der Waals surface area contributed by atoms with E-state index >= 15 is 0 Å². The van der Waals surface area contributed by atoms with Gasteiger partial charge in [-0.3, -0.25) is 14.5 Å². The molecule has 2 saturated heterocycles. The number of hydrogen-bond acceptors (Lipinski definition) is 3. The zero-order chi connectivity index (χ0) is 19.7. The number of nitrogens with two attached hydrogens (primary N) is 1. The molecule has 1 atom stereocenters. The summed E-state index contributed by atoms with van der Waals surface area (Å²) < 4.78 is 0. The van der Waals surface area contributed by atoms with Crippen LogP contribution in [0.4, 0.5) is 0 Å². The average molecular weight is 383 g/mol. The molecule has 6 heteroatoms. The van der Waals surface area contributed by atoms with Gasteiger partial charge in [-0.25, -0.2) is 0 Å². The molecule has 3 heterocycles. The Labute approximate surface area is 166 Å². The van der Waals surface area contributed by atoms with Crippen LogP contribution in [0.1, 0.15) is 37.7 Å². The number of likely N-dealkylation sites (tertiary alicyclic amines) is 2. The molecule has 0 saturated carbocycles. The average Bonchev–Trinajstić information content (AvgIpc) is 3.09. The van der Waals surface area contributed by atoms with Crippen LogP contribution >= 0.6 is 0 Å². The smallest absolute Gasteiger partial charge is 0.235 e. The fourth-order valence-electron chi connectivity index (χ4n) is 5.40. The van der Waals surface area contributed by atoms with E-state index in [0.29, 0.717) is 6.42 Å². The first-order valence-corrected chi connectivity index (χ1v) is 10.3. The standard InChI is InChI=1S/C22H30N4O2/c1-25-12-4-9-22(20(25)21(23)28)10-13-26(14-11-22)19(27)8-7-16-15-24-18-6-3-2-5-17(16)18/h2-3,5-6,15,20,24H,4,7-14H2,1H3,(H2,23,28). The molecule has 1 aromatic heterocycles. The number of carbonyl (C=O) groups is 2. The van der Waals surface area contributed by atoms with Gasteiger partial charge in [0.1, 0.15) is 0 Å². The molecule has 0 radical (unpaired) electrons. The van der Waals surface area contributed by atoms with Gasteiger partial charge >= 0.3 is 0 Å². The summed E-state index contributed by atoms with van der Waals surface area (Å²) in [5, 5.41) is 1.20. The third kappa shape index (κ3) is 3.41. The third-order valence-corrected chi connectivity index (χ3v) is 6.87. The molecule has 2 aliphatic heterocycles. The fourth-order valence-corrected chi connectivity index (χ4v) is 5.40. The largest absolute Gasteiger partial charge is 0.368 e. The van der Waals surface area contributed by atoms with Crippen LogP contribution in [-0.4, -0.2) is 59.3 Å². The molecule has 0 aliphatic carbocycles. The number of fused-ring (bicyclic) bond motifs is 1. The Morgan fingerprint density at radius 1 is 1.18 bits per heavy atom. The molecule has 1 unspecified atom stereocenters. The summed E-state index contributed by atoms with van der Waals surface area (Å²) in [6, 6.07) is 7.99. The molecular weight excluding hydrogens is 352 g/mol. The molecule has 2 amide bonds. The second kappa shape index (κ2) is 7.59. The minimum atomic E-state index is -0.221. The molecule has 2 aromatic rings. The number of amides is 2. The lowest BCUT2D eigenvalue weighted by Gasteiger charge is -2.51. The van der Waals surface area contributed by atoms with Gasteiger partial charge in [0, 0.05) is 36.6 Å². The Balaban J connectivity index is 1.37. The number of aryl methyl sites for hydroxylation is 1. The Kier molecular flexibility index (Phi) is 5.15. The number of nitrogens with one attached hydrogen (secondary N) is 1. The van der Waals surface area contributed by atoms with Gasteiger partial charge in [0.2, 0.25) is 11.8 Å². The van der Waals surface area contributed by atoms with Gasteiger partial charge in [-0.1, -0.05) is 18.2 Å².